The Balaban J connectivity index is 1.78. The summed E-state index contributed by atoms with van der Waals surface area (Å²) in [7, 11) is 2.13. The van der Waals surface area contributed by atoms with E-state index >= 15 is 0 Å². The number of hydrogen-bond acceptors (Lipinski definition) is 3. The monoisotopic (exact) mass is 238 g/mol. The van der Waals surface area contributed by atoms with Crippen molar-refractivity contribution in [1.82, 2.24) is 10.2 Å². The van der Waals surface area contributed by atoms with E-state index in [9.17, 15) is 0 Å². The van der Waals surface area contributed by atoms with E-state index < -0.39 is 0 Å². The predicted molar refractivity (Wildman–Crippen MR) is 69.2 cm³/mol. The van der Waals surface area contributed by atoms with Crippen LogP contribution in [0, 0.1) is 0 Å². The summed E-state index contributed by atoms with van der Waals surface area (Å²) in [6.45, 7) is 3.59. The summed E-state index contributed by atoms with van der Waals surface area (Å²) in [4.78, 5) is 2.71. The number of nitrogens with zero attached hydrogens (tertiary/aromatic N) is 1. The third-order valence-corrected chi connectivity index (χ3v) is 5.11. The molecule has 3 rings (SSSR count). The standard InChI is InChI=1S/C14H26N2O/c1-15-13-12(16-9-2-3-10-16)6-4-7-14(13)8-5-11-17-14/h12-13,15H,2-11H2,1H3/t12-,13+,14?/m0/s1. The van der Waals surface area contributed by atoms with Crippen molar-refractivity contribution >= 4 is 0 Å². The Bertz CT molecular complexity index is 257. The molecule has 0 amide bonds. The van der Waals surface area contributed by atoms with Crippen LogP contribution in [-0.2, 0) is 4.74 Å². The van der Waals surface area contributed by atoms with Crippen molar-refractivity contribution < 1.29 is 4.74 Å². The Morgan fingerprint density at radius 3 is 2.53 bits per heavy atom. The molecule has 2 heterocycles. The molecule has 0 bridgehead atoms. The van der Waals surface area contributed by atoms with Crippen LogP contribution in [0.1, 0.15) is 44.9 Å². The van der Waals surface area contributed by atoms with Crippen molar-refractivity contribution in [2.24, 2.45) is 0 Å². The SMILES string of the molecule is CN[C@@H]1[C@@H](N2CCCC2)CCCC12CCCO2. The molecule has 3 aliphatic rings. The summed E-state index contributed by atoms with van der Waals surface area (Å²) < 4.78 is 6.19. The van der Waals surface area contributed by atoms with Gasteiger partial charge in [-0.3, -0.25) is 4.90 Å². The van der Waals surface area contributed by atoms with E-state index in [1.54, 1.807) is 0 Å². The van der Waals surface area contributed by atoms with Gasteiger partial charge in [-0.2, -0.15) is 0 Å². The van der Waals surface area contributed by atoms with Crippen molar-refractivity contribution in [3.8, 4) is 0 Å². The van der Waals surface area contributed by atoms with Crippen LogP contribution in [0.3, 0.4) is 0 Å². The number of nitrogens with one attached hydrogen (secondary N) is 1. The molecule has 98 valence electrons. The summed E-state index contributed by atoms with van der Waals surface area (Å²) >= 11 is 0. The smallest absolute Gasteiger partial charge is 0.0850 e. The van der Waals surface area contributed by atoms with Gasteiger partial charge in [0.25, 0.3) is 0 Å². The number of likely N-dealkylation sites (tertiary alicyclic amines) is 1. The highest BCUT2D eigenvalue weighted by Gasteiger charge is 2.49. The van der Waals surface area contributed by atoms with E-state index in [2.05, 4.69) is 17.3 Å². The van der Waals surface area contributed by atoms with E-state index in [1.807, 2.05) is 0 Å². The minimum absolute atomic E-state index is 0.167. The van der Waals surface area contributed by atoms with Crippen LogP contribution in [0.5, 0.6) is 0 Å². The molecule has 1 unspecified atom stereocenters. The van der Waals surface area contributed by atoms with Crippen molar-refractivity contribution in [3.63, 3.8) is 0 Å². The van der Waals surface area contributed by atoms with Gasteiger partial charge in [-0.1, -0.05) is 0 Å². The van der Waals surface area contributed by atoms with Gasteiger partial charge in [-0.25, -0.2) is 0 Å². The topological polar surface area (TPSA) is 24.5 Å². The maximum absolute atomic E-state index is 6.19. The maximum atomic E-state index is 6.19. The van der Waals surface area contributed by atoms with Crippen LogP contribution >= 0.6 is 0 Å². The highest BCUT2D eigenvalue weighted by atomic mass is 16.5. The van der Waals surface area contributed by atoms with Gasteiger partial charge < -0.3 is 10.1 Å². The summed E-state index contributed by atoms with van der Waals surface area (Å²) in [5.74, 6) is 0. The first kappa shape index (κ1) is 11.9. The van der Waals surface area contributed by atoms with Crippen LogP contribution in [0.25, 0.3) is 0 Å². The summed E-state index contributed by atoms with van der Waals surface area (Å²) in [5, 5.41) is 3.60. The Labute approximate surface area is 105 Å². The zero-order valence-corrected chi connectivity index (χ0v) is 11.1. The lowest BCUT2D eigenvalue weighted by Gasteiger charge is -2.48. The quantitative estimate of drug-likeness (QED) is 0.793. The van der Waals surface area contributed by atoms with Crippen molar-refractivity contribution in [3.05, 3.63) is 0 Å². The lowest BCUT2D eigenvalue weighted by molar-refractivity contribution is -0.0746. The molecule has 0 radical (unpaired) electrons. The zero-order chi connectivity index (χ0) is 11.7. The molecule has 17 heavy (non-hydrogen) atoms. The van der Waals surface area contributed by atoms with Crippen LogP contribution < -0.4 is 5.32 Å². The molecular weight excluding hydrogens is 212 g/mol. The number of rotatable bonds is 2. The van der Waals surface area contributed by atoms with E-state index in [-0.39, 0.29) is 5.60 Å². The molecule has 0 aromatic rings. The largest absolute Gasteiger partial charge is 0.373 e. The fraction of sp³-hybridized carbons (Fsp3) is 1.00. The Morgan fingerprint density at radius 2 is 1.88 bits per heavy atom. The van der Waals surface area contributed by atoms with Gasteiger partial charge >= 0.3 is 0 Å². The minimum Gasteiger partial charge on any atom is -0.373 e. The van der Waals surface area contributed by atoms with Crippen LogP contribution in [0.2, 0.25) is 0 Å². The van der Waals surface area contributed by atoms with Crippen LogP contribution in [0.4, 0.5) is 0 Å². The molecule has 3 nitrogen and oxygen atoms in total. The normalized spacial score (nSPS) is 43.6. The summed E-state index contributed by atoms with van der Waals surface area (Å²) in [6, 6.07) is 1.27. The van der Waals surface area contributed by atoms with Gasteiger partial charge in [0, 0.05) is 12.6 Å². The fourth-order valence-electron chi connectivity index (χ4n) is 4.37. The fourth-order valence-corrected chi connectivity index (χ4v) is 4.37. The van der Waals surface area contributed by atoms with Gasteiger partial charge in [-0.05, 0) is 65.1 Å². The van der Waals surface area contributed by atoms with Gasteiger partial charge in [0.2, 0.25) is 0 Å². The molecule has 0 aromatic carbocycles. The minimum atomic E-state index is 0.167. The van der Waals surface area contributed by atoms with Gasteiger partial charge in [0.15, 0.2) is 0 Å². The number of likely N-dealkylation sites (N-methyl/N-ethyl adjacent to an activating group) is 1. The molecule has 1 saturated carbocycles. The number of ether oxygens (including phenoxy) is 1. The van der Waals surface area contributed by atoms with Crippen molar-refractivity contribution in [2.75, 3.05) is 26.7 Å². The molecule has 3 atom stereocenters. The van der Waals surface area contributed by atoms with Gasteiger partial charge in [0.05, 0.1) is 11.6 Å². The lowest BCUT2D eigenvalue weighted by atomic mass is 9.75. The highest BCUT2D eigenvalue weighted by Crippen LogP contribution is 2.41. The first-order valence-electron chi connectivity index (χ1n) is 7.41. The summed E-state index contributed by atoms with van der Waals surface area (Å²) in [5.41, 5.74) is 0.167. The second kappa shape index (κ2) is 4.87. The van der Waals surface area contributed by atoms with Crippen LogP contribution in [0.15, 0.2) is 0 Å². The summed E-state index contributed by atoms with van der Waals surface area (Å²) in [6.07, 6.45) is 9.27. The third-order valence-electron chi connectivity index (χ3n) is 5.11. The molecule has 0 aromatic heterocycles. The van der Waals surface area contributed by atoms with Gasteiger partial charge in [-0.15, -0.1) is 0 Å². The second-order valence-corrected chi connectivity index (χ2v) is 5.99. The third kappa shape index (κ3) is 2.02. The van der Waals surface area contributed by atoms with E-state index in [0.717, 1.165) is 6.61 Å². The van der Waals surface area contributed by atoms with E-state index in [1.165, 1.54) is 58.0 Å². The van der Waals surface area contributed by atoms with Crippen LogP contribution in [-0.4, -0.2) is 49.3 Å². The molecule has 2 saturated heterocycles. The second-order valence-electron chi connectivity index (χ2n) is 5.99. The molecule has 1 spiro atoms. The molecule has 2 aliphatic heterocycles. The molecule has 1 N–H and O–H groups in total. The molecule has 3 heteroatoms. The lowest BCUT2D eigenvalue weighted by Crippen LogP contribution is -2.62. The van der Waals surface area contributed by atoms with Crippen molar-refractivity contribution in [1.29, 1.82) is 0 Å². The maximum Gasteiger partial charge on any atom is 0.0850 e. The molecule has 1 aliphatic carbocycles. The first-order valence-corrected chi connectivity index (χ1v) is 7.41. The Kier molecular flexibility index (Phi) is 3.42. The molecule has 3 fully saturated rings. The average Bonchev–Trinajstić information content (AvgIpc) is 3.00. The first-order chi connectivity index (χ1) is 8.36. The van der Waals surface area contributed by atoms with Gasteiger partial charge in [0.1, 0.15) is 0 Å². The average molecular weight is 238 g/mol. The highest BCUT2D eigenvalue weighted by molar-refractivity contribution is 5.05. The Hall–Kier alpha value is -0.120. The zero-order valence-electron chi connectivity index (χ0n) is 11.1. The molecular formula is C14H26N2O. The van der Waals surface area contributed by atoms with E-state index in [0.29, 0.717) is 12.1 Å². The van der Waals surface area contributed by atoms with Crippen molar-refractivity contribution in [2.45, 2.75) is 62.6 Å². The predicted octanol–water partition coefficient (Wildman–Crippen LogP) is 1.77. The number of hydrogen-bond donors (Lipinski definition) is 1. The van der Waals surface area contributed by atoms with E-state index in [4.69, 9.17) is 4.74 Å². The Morgan fingerprint density at radius 1 is 1.12 bits per heavy atom.